The van der Waals surface area contributed by atoms with Gasteiger partial charge in [0.05, 0.1) is 13.0 Å². The quantitative estimate of drug-likeness (QED) is 0.563. The predicted octanol–water partition coefficient (Wildman–Crippen LogP) is 4.61. The second kappa shape index (κ2) is 10.8. The van der Waals surface area contributed by atoms with E-state index in [0.717, 1.165) is 22.4 Å². The van der Waals surface area contributed by atoms with Crippen molar-refractivity contribution >= 4 is 23.6 Å². The van der Waals surface area contributed by atoms with Crippen LogP contribution in [0.15, 0.2) is 91.0 Å². The largest absolute Gasteiger partial charge is 0.356 e. The number of carbonyl (C=O) groups is 2. The summed E-state index contributed by atoms with van der Waals surface area (Å²) in [5.41, 5.74) is 3.73. The van der Waals surface area contributed by atoms with E-state index in [1.165, 1.54) is 0 Å². The normalized spacial score (nSPS) is 10.7. The molecular formula is C26H26N2O2. The van der Waals surface area contributed by atoms with Crippen molar-refractivity contribution in [2.75, 3.05) is 11.4 Å². The molecule has 0 spiro atoms. The topological polar surface area (TPSA) is 49.4 Å². The summed E-state index contributed by atoms with van der Waals surface area (Å²) >= 11 is 0. The summed E-state index contributed by atoms with van der Waals surface area (Å²) < 4.78 is 0. The first kappa shape index (κ1) is 21.1. The van der Waals surface area contributed by atoms with Gasteiger partial charge in [0.1, 0.15) is 0 Å². The highest BCUT2D eigenvalue weighted by atomic mass is 16.2. The van der Waals surface area contributed by atoms with Crippen molar-refractivity contribution in [1.82, 2.24) is 5.32 Å². The Morgan fingerprint density at radius 1 is 0.833 bits per heavy atom. The first-order valence-corrected chi connectivity index (χ1v) is 10.1. The molecule has 152 valence electrons. The van der Waals surface area contributed by atoms with E-state index >= 15 is 0 Å². The standard InChI is InChI=1S/C26H26N2O2/c1-2-27-25(29)19-22-13-16-24(17-14-22)28(20-23-11-7-4-8-12-23)26(30)18-15-21-9-5-3-6-10-21/h3-18H,2,19-20H2,1H3,(H,27,29)/b18-15+. The van der Waals surface area contributed by atoms with E-state index in [2.05, 4.69) is 5.32 Å². The Balaban J connectivity index is 1.81. The van der Waals surface area contributed by atoms with Gasteiger partial charge in [-0.1, -0.05) is 72.8 Å². The van der Waals surface area contributed by atoms with Crippen LogP contribution < -0.4 is 10.2 Å². The minimum absolute atomic E-state index is 0.00624. The third-order valence-corrected chi connectivity index (χ3v) is 4.65. The summed E-state index contributed by atoms with van der Waals surface area (Å²) in [6, 6.07) is 27.2. The zero-order valence-corrected chi connectivity index (χ0v) is 17.1. The van der Waals surface area contributed by atoms with Gasteiger partial charge in [0.2, 0.25) is 5.91 Å². The second-order valence-electron chi connectivity index (χ2n) is 6.95. The van der Waals surface area contributed by atoms with Crippen LogP contribution in [0.25, 0.3) is 6.08 Å². The molecule has 0 atom stereocenters. The fraction of sp³-hybridized carbons (Fsp3) is 0.154. The van der Waals surface area contributed by atoms with Gasteiger partial charge in [0.15, 0.2) is 0 Å². The van der Waals surface area contributed by atoms with E-state index in [9.17, 15) is 9.59 Å². The summed E-state index contributed by atoms with van der Waals surface area (Å²) in [6.45, 7) is 2.98. The Hall–Kier alpha value is -3.66. The molecule has 30 heavy (non-hydrogen) atoms. The Morgan fingerprint density at radius 2 is 1.47 bits per heavy atom. The second-order valence-corrected chi connectivity index (χ2v) is 6.95. The Labute approximate surface area is 177 Å². The van der Waals surface area contributed by atoms with Crippen LogP contribution in [0.2, 0.25) is 0 Å². The van der Waals surface area contributed by atoms with E-state index in [1.54, 1.807) is 11.0 Å². The lowest BCUT2D eigenvalue weighted by atomic mass is 10.1. The van der Waals surface area contributed by atoms with Crippen molar-refractivity contribution < 1.29 is 9.59 Å². The van der Waals surface area contributed by atoms with Crippen LogP contribution in [0.1, 0.15) is 23.6 Å². The SMILES string of the molecule is CCNC(=O)Cc1ccc(N(Cc2ccccc2)C(=O)/C=C/c2ccccc2)cc1. The maximum Gasteiger partial charge on any atom is 0.251 e. The van der Waals surface area contributed by atoms with Gasteiger partial charge < -0.3 is 10.2 Å². The lowest BCUT2D eigenvalue weighted by Gasteiger charge is -2.22. The van der Waals surface area contributed by atoms with E-state index < -0.39 is 0 Å². The van der Waals surface area contributed by atoms with Crippen molar-refractivity contribution in [3.63, 3.8) is 0 Å². The number of nitrogens with one attached hydrogen (secondary N) is 1. The van der Waals surface area contributed by atoms with Crippen LogP contribution in [-0.4, -0.2) is 18.4 Å². The van der Waals surface area contributed by atoms with Crippen LogP contribution in [0.5, 0.6) is 0 Å². The van der Waals surface area contributed by atoms with Gasteiger partial charge in [-0.15, -0.1) is 0 Å². The zero-order valence-electron chi connectivity index (χ0n) is 17.1. The summed E-state index contributed by atoms with van der Waals surface area (Å²) in [5, 5.41) is 2.80. The van der Waals surface area contributed by atoms with Gasteiger partial charge in [0, 0.05) is 18.3 Å². The van der Waals surface area contributed by atoms with Crippen LogP contribution in [0.4, 0.5) is 5.69 Å². The number of likely N-dealkylation sites (N-methyl/N-ethyl adjacent to an activating group) is 1. The average molecular weight is 399 g/mol. The lowest BCUT2D eigenvalue weighted by molar-refractivity contribution is -0.120. The molecule has 4 heteroatoms. The molecule has 0 saturated heterocycles. The van der Waals surface area contributed by atoms with Crippen molar-refractivity contribution in [3.8, 4) is 0 Å². The summed E-state index contributed by atoms with van der Waals surface area (Å²) in [4.78, 5) is 26.6. The number of hydrogen-bond donors (Lipinski definition) is 1. The molecule has 0 aliphatic rings. The molecule has 1 N–H and O–H groups in total. The van der Waals surface area contributed by atoms with Gasteiger partial charge in [-0.2, -0.15) is 0 Å². The molecule has 0 bridgehead atoms. The van der Waals surface area contributed by atoms with Crippen molar-refractivity contribution in [3.05, 3.63) is 108 Å². The summed E-state index contributed by atoms with van der Waals surface area (Å²) in [6.07, 6.45) is 3.75. The molecule has 0 unspecified atom stereocenters. The molecule has 0 aromatic heterocycles. The van der Waals surface area contributed by atoms with Gasteiger partial charge in [-0.05, 0) is 41.8 Å². The molecule has 0 fully saturated rings. The number of rotatable bonds is 8. The lowest BCUT2D eigenvalue weighted by Crippen LogP contribution is -2.28. The third-order valence-electron chi connectivity index (χ3n) is 4.65. The molecule has 0 radical (unpaired) electrons. The van der Waals surface area contributed by atoms with E-state index in [4.69, 9.17) is 0 Å². The highest BCUT2D eigenvalue weighted by Crippen LogP contribution is 2.20. The number of amides is 2. The molecule has 3 rings (SSSR count). The van der Waals surface area contributed by atoms with E-state index in [-0.39, 0.29) is 11.8 Å². The van der Waals surface area contributed by atoms with Crippen molar-refractivity contribution in [2.24, 2.45) is 0 Å². The molecule has 0 saturated carbocycles. The molecule has 2 amide bonds. The number of nitrogens with zero attached hydrogens (tertiary/aromatic N) is 1. The van der Waals surface area contributed by atoms with Gasteiger partial charge in [0.25, 0.3) is 5.91 Å². The van der Waals surface area contributed by atoms with Crippen LogP contribution in [0.3, 0.4) is 0 Å². The molecule has 0 aliphatic heterocycles. The molecule has 4 nitrogen and oxygen atoms in total. The van der Waals surface area contributed by atoms with Crippen LogP contribution >= 0.6 is 0 Å². The molecular weight excluding hydrogens is 372 g/mol. The number of benzene rings is 3. The maximum absolute atomic E-state index is 13.0. The molecule has 3 aromatic rings. The number of carbonyl (C=O) groups excluding carboxylic acids is 2. The number of anilines is 1. The smallest absolute Gasteiger partial charge is 0.251 e. The van der Waals surface area contributed by atoms with Gasteiger partial charge in [-0.25, -0.2) is 0 Å². The van der Waals surface area contributed by atoms with Crippen molar-refractivity contribution in [2.45, 2.75) is 19.9 Å². The Bertz CT molecular complexity index is 981. The Morgan fingerprint density at radius 3 is 2.10 bits per heavy atom. The highest BCUT2D eigenvalue weighted by Gasteiger charge is 2.14. The van der Waals surface area contributed by atoms with Crippen LogP contribution in [0, 0.1) is 0 Å². The summed E-state index contributed by atoms with van der Waals surface area (Å²) in [7, 11) is 0. The van der Waals surface area contributed by atoms with E-state index in [1.807, 2.05) is 97.9 Å². The van der Waals surface area contributed by atoms with Gasteiger partial charge >= 0.3 is 0 Å². The summed E-state index contributed by atoms with van der Waals surface area (Å²) in [5.74, 6) is -0.104. The highest BCUT2D eigenvalue weighted by molar-refractivity contribution is 6.03. The monoisotopic (exact) mass is 398 g/mol. The minimum Gasteiger partial charge on any atom is -0.356 e. The van der Waals surface area contributed by atoms with Crippen LogP contribution in [-0.2, 0) is 22.6 Å². The Kier molecular flexibility index (Phi) is 7.56. The fourth-order valence-electron chi connectivity index (χ4n) is 3.12. The minimum atomic E-state index is -0.0980. The van der Waals surface area contributed by atoms with Gasteiger partial charge in [-0.3, -0.25) is 9.59 Å². The average Bonchev–Trinajstić information content (AvgIpc) is 2.78. The van der Waals surface area contributed by atoms with Crippen molar-refractivity contribution in [1.29, 1.82) is 0 Å². The predicted molar refractivity (Wildman–Crippen MR) is 122 cm³/mol. The first-order valence-electron chi connectivity index (χ1n) is 10.1. The number of hydrogen-bond acceptors (Lipinski definition) is 2. The zero-order chi connectivity index (χ0) is 21.2. The molecule has 0 heterocycles. The molecule has 0 aliphatic carbocycles. The van der Waals surface area contributed by atoms with E-state index in [0.29, 0.717) is 19.5 Å². The third kappa shape index (κ3) is 6.17. The molecule has 3 aromatic carbocycles. The first-order chi connectivity index (χ1) is 14.7. The fourth-order valence-corrected chi connectivity index (χ4v) is 3.12. The maximum atomic E-state index is 13.0.